The first-order valence-electron chi connectivity index (χ1n) is 13.6. The Labute approximate surface area is 243 Å². The number of nitrogens with two attached hydrogens (primary N) is 1. The molecule has 5 rings (SSSR count). The fourth-order valence-corrected chi connectivity index (χ4v) is 5.77. The van der Waals surface area contributed by atoms with Crippen molar-refractivity contribution in [2.45, 2.75) is 45.3 Å². The van der Waals surface area contributed by atoms with Crippen LogP contribution in [0.3, 0.4) is 0 Å². The minimum absolute atomic E-state index is 0.00224. The van der Waals surface area contributed by atoms with E-state index >= 15 is 0 Å². The van der Waals surface area contributed by atoms with Gasteiger partial charge in [0.2, 0.25) is 5.91 Å². The summed E-state index contributed by atoms with van der Waals surface area (Å²) in [6.45, 7) is 6.65. The lowest BCUT2D eigenvalue weighted by molar-refractivity contribution is -0.117. The molecule has 1 fully saturated rings. The number of para-hydroxylation sites is 1. The van der Waals surface area contributed by atoms with Crippen LogP contribution in [0.25, 0.3) is 27.3 Å². The number of anilines is 1. The molecule has 212 valence electrons. The molecule has 2 amide bonds. The van der Waals surface area contributed by atoms with Gasteiger partial charge in [-0.15, -0.1) is 11.3 Å². The number of benzene rings is 2. The summed E-state index contributed by atoms with van der Waals surface area (Å²) >= 11 is 1.57. The van der Waals surface area contributed by atoms with Crippen molar-refractivity contribution in [2.24, 2.45) is 0 Å². The molecule has 1 aliphatic heterocycles. The maximum absolute atomic E-state index is 12.7. The standard InChI is InChI=1S/C32H34N4O4S/c1-32(2,3)40-31(38)36-17-15-23(16-18-36)35-27(37)14-11-22-19-34-30(33)28-26(20-41-29(22)28)21-9-12-25(13-10-21)39-24-7-5-4-6-8-24/h4-14,19-20,23H,15-18H2,1-3H3,(H2,33,34)(H,35,37). The summed E-state index contributed by atoms with van der Waals surface area (Å²) in [5.74, 6) is 1.79. The van der Waals surface area contributed by atoms with Crippen molar-refractivity contribution in [1.82, 2.24) is 15.2 Å². The van der Waals surface area contributed by atoms with E-state index in [4.69, 9.17) is 15.2 Å². The fourth-order valence-electron chi connectivity index (χ4n) is 4.69. The molecule has 0 saturated carbocycles. The molecule has 0 aliphatic carbocycles. The first-order chi connectivity index (χ1) is 19.7. The van der Waals surface area contributed by atoms with E-state index < -0.39 is 5.60 Å². The van der Waals surface area contributed by atoms with Gasteiger partial charge in [-0.2, -0.15) is 0 Å². The molecule has 1 aliphatic rings. The average Bonchev–Trinajstić information content (AvgIpc) is 3.40. The van der Waals surface area contributed by atoms with Crippen molar-refractivity contribution >= 4 is 45.3 Å². The van der Waals surface area contributed by atoms with Crippen LogP contribution in [0.4, 0.5) is 10.6 Å². The number of ether oxygens (including phenoxy) is 2. The molecule has 0 spiro atoms. The van der Waals surface area contributed by atoms with Crippen LogP contribution in [-0.2, 0) is 9.53 Å². The number of carbonyl (C=O) groups excluding carboxylic acids is 2. The molecule has 0 unspecified atom stereocenters. The average molecular weight is 571 g/mol. The molecule has 1 saturated heterocycles. The Hall–Kier alpha value is -4.37. The second kappa shape index (κ2) is 12.0. The van der Waals surface area contributed by atoms with Crippen LogP contribution in [0.1, 0.15) is 39.2 Å². The monoisotopic (exact) mass is 570 g/mol. The number of nitrogens with zero attached hydrogens (tertiary/aromatic N) is 2. The number of fused-ring (bicyclic) bond motifs is 1. The molecular weight excluding hydrogens is 536 g/mol. The van der Waals surface area contributed by atoms with Gasteiger partial charge in [-0.05, 0) is 74.9 Å². The van der Waals surface area contributed by atoms with E-state index in [1.165, 1.54) is 6.08 Å². The Morgan fingerprint density at radius 3 is 2.41 bits per heavy atom. The molecule has 4 aromatic rings. The molecular formula is C32H34N4O4S. The van der Waals surface area contributed by atoms with Gasteiger partial charge in [0.05, 0.1) is 0 Å². The van der Waals surface area contributed by atoms with Crippen LogP contribution in [-0.4, -0.2) is 46.6 Å². The summed E-state index contributed by atoms with van der Waals surface area (Å²) in [4.78, 5) is 31.1. The molecule has 2 aromatic heterocycles. The van der Waals surface area contributed by atoms with Crippen LogP contribution < -0.4 is 15.8 Å². The topological polar surface area (TPSA) is 107 Å². The van der Waals surface area contributed by atoms with E-state index in [1.54, 1.807) is 28.5 Å². The van der Waals surface area contributed by atoms with E-state index in [1.807, 2.05) is 75.4 Å². The third kappa shape index (κ3) is 7.05. The van der Waals surface area contributed by atoms with E-state index in [-0.39, 0.29) is 18.0 Å². The Balaban J connectivity index is 1.23. The highest BCUT2D eigenvalue weighted by atomic mass is 32.1. The Bertz CT molecular complexity index is 1550. The Morgan fingerprint density at radius 2 is 1.73 bits per heavy atom. The summed E-state index contributed by atoms with van der Waals surface area (Å²) in [5.41, 5.74) is 8.60. The van der Waals surface area contributed by atoms with Gasteiger partial charge in [0.15, 0.2) is 0 Å². The number of carbonyl (C=O) groups is 2. The number of aromatic nitrogens is 1. The maximum atomic E-state index is 12.7. The van der Waals surface area contributed by atoms with Crippen molar-refractivity contribution in [3.63, 3.8) is 0 Å². The van der Waals surface area contributed by atoms with Gasteiger partial charge in [0, 0.05) is 52.6 Å². The van der Waals surface area contributed by atoms with Gasteiger partial charge >= 0.3 is 6.09 Å². The number of likely N-dealkylation sites (tertiary alicyclic amines) is 1. The number of piperidine rings is 1. The lowest BCUT2D eigenvalue weighted by Crippen LogP contribution is -2.47. The summed E-state index contributed by atoms with van der Waals surface area (Å²) in [5, 5.41) is 5.98. The van der Waals surface area contributed by atoms with Gasteiger partial charge in [-0.3, -0.25) is 4.79 Å². The number of nitrogens with one attached hydrogen (secondary N) is 1. The predicted molar refractivity (Wildman–Crippen MR) is 164 cm³/mol. The number of hydrogen-bond donors (Lipinski definition) is 2. The van der Waals surface area contributed by atoms with Crippen molar-refractivity contribution in [3.8, 4) is 22.6 Å². The molecule has 41 heavy (non-hydrogen) atoms. The number of pyridine rings is 1. The summed E-state index contributed by atoms with van der Waals surface area (Å²) < 4.78 is 12.3. The van der Waals surface area contributed by atoms with Crippen molar-refractivity contribution in [3.05, 3.63) is 77.8 Å². The number of thiophene rings is 1. The first-order valence-corrected chi connectivity index (χ1v) is 14.5. The van der Waals surface area contributed by atoms with E-state index in [0.29, 0.717) is 31.7 Å². The Kier molecular flexibility index (Phi) is 8.26. The van der Waals surface area contributed by atoms with Gasteiger partial charge in [-0.1, -0.05) is 30.3 Å². The molecule has 8 nitrogen and oxygen atoms in total. The highest BCUT2D eigenvalue weighted by Gasteiger charge is 2.27. The lowest BCUT2D eigenvalue weighted by atomic mass is 10.0. The zero-order chi connectivity index (χ0) is 29.0. The first kappa shape index (κ1) is 28.2. The minimum atomic E-state index is -0.527. The lowest BCUT2D eigenvalue weighted by Gasteiger charge is -2.33. The number of nitrogen functional groups attached to an aromatic ring is 1. The van der Waals surface area contributed by atoms with Gasteiger partial charge in [0.25, 0.3) is 0 Å². The third-order valence-corrected chi connectivity index (χ3v) is 7.73. The summed E-state index contributed by atoms with van der Waals surface area (Å²) in [6.07, 6.45) is 6.04. The quantitative estimate of drug-likeness (QED) is 0.245. The third-order valence-electron chi connectivity index (χ3n) is 6.70. The van der Waals surface area contributed by atoms with Gasteiger partial charge in [0.1, 0.15) is 22.9 Å². The van der Waals surface area contributed by atoms with E-state index in [2.05, 4.69) is 15.7 Å². The van der Waals surface area contributed by atoms with Gasteiger partial charge < -0.3 is 25.4 Å². The molecule has 0 bridgehead atoms. The number of hydrogen-bond acceptors (Lipinski definition) is 7. The molecule has 0 radical (unpaired) electrons. The van der Waals surface area contributed by atoms with Crippen LogP contribution in [0.2, 0.25) is 0 Å². The number of amides is 2. The highest BCUT2D eigenvalue weighted by molar-refractivity contribution is 7.18. The molecule has 0 atom stereocenters. The second-order valence-corrected chi connectivity index (χ2v) is 11.9. The summed E-state index contributed by atoms with van der Waals surface area (Å²) in [7, 11) is 0. The van der Waals surface area contributed by atoms with Crippen molar-refractivity contribution in [1.29, 1.82) is 0 Å². The maximum Gasteiger partial charge on any atom is 0.410 e. The molecule has 9 heteroatoms. The fraction of sp³-hybridized carbons (Fsp3) is 0.281. The minimum Gasteiger partial charge on any atom is -0.457 e. The van der Waals surface area contributed by atoms with Crippen LogP contribution in [0.5, 0.6) is 11.5 Å². The predicted octanol–water partition coefficient (Wildman–Crippen LogP) is 6.87. The van der Waals surface area contributed by atoms with Crippen LogP contribution in [0, 0.1) is 0 Å². The van der Waals surface area contributed by atoms with Gasteiger partial charge in [-0.25, -0.2) is 9.78 Å². The van der Waals surface area contributed by atoms with Crippen molar-refractivity contribution < 1.29 is 19.1 Å². The summed E-state index contributed by atoms with van der Waals surface area (Å²) in [6, 6.07) is 17.5. The highest BCUT2D eigenvalue weighted by Crippen LogP contribution is 2.39. The molecule has 3 heterocycles. The van der Waals surface area contributed by atoms with E-state index in [9.17, 15) is 9.59 Å². The van der Waals surface area contributed by atoms with E-state index in [0.717, 1.165) is 38.3 Å². The normalized spacial score (nSPS) is 14.4. The number of rotatable bonds is 6. The largest absolute Gasteiger partial charge is 0.457 e. The Morgan fingerprint density at radius 1 is 1.05 bits per heavy atom. The van der Waals surface area contributed by atoms with Crippen LogP contribution in [0.15, 0.2) is 72.3 Å². The van der Waals surface area contributed by atoms with Crippen LogP contribution >= 0.6 is 11.3 Å². The smallest absolute Gasteiger partial charge is 0.410 e. The molecule has 2 aromatic carbocycles. The van der Waals surface area contributed by atoms with Crippen molar-refractivity contribution in [2.75, 3.05) is 18.8 Å². The zero-order valence-corrected chi connectivity index (χ0v) is 24.2. The second-order valence-electron chi connectivity index (χ2n) is 11.0. The SMILES string of the molecule is CC(C)(C)OC(=O)N1CCC(NC(=O)C=Cc2cnc(N)c3c(-c4ccc(Oc5ccccc5)cc4)csc23)CC1. The molecule has 3 N–H and O–H groups in total. The zero-order valence-electron chi connectivity index (χ0n) is 23.4.